The van der Waals surface area contributed by atoms with E-state index >= 15 is 0 Å². The number of benzene rings is 1. The van der Waals surface area contributed by atoms with E-state index in [0.29, 0.717) is 12.0 Å². The zero-order valence-corrected chi connectivity index (χ0v) is 11.2. The van der Waals surface area contributed by atoms with E-state index in [1.54, 1.807) is 0 Å². The summed E-state index contributed by atoms with van der Waals surface area (Å²) >= 11 is 6.42. The van der Waals surface area contributed by atoms with E-state index in [1.807, 2.05) is 0 Å². The lowest BCUT2D eigenvalue weighted by atomic mass is 9.75. The van der Waals surface area contributed by atoms with Crippen LogP contribution in [0.4, 0.5) is 0 Å². The minimum Gasteiger partial charge on any atom is -0.361 e. The Morgan fingerprint density at radius 2 is 2.28 bits per heavy atom. The molecule has 1 fully saturated rings. The Bertz CT molecular complexity index is 604. The molecule has 4 rings (SSSR count). The van der Waals surface area contributed by atoms with Crippen LogP contribution in [0, 0.1) is 0 Å². The normalized spacial score (nSPS) is 31.6. The summed E-state index contributed by atoms with van der Waals surface area (Å²) in [4.78, 5) is 5.85. The van der Waals surface area contributed by atoms with Gasteiger partial charge < -0.3 is 9.88 Å². The van der Waals surface area contributed by atoms with Gasteiger partial charge in [0.2, 0.25) is 0 Å². The average Bonchev–Trinajstić information content (AvgIpc) is 2.76. The molecule has 1 aliphatic carbocycles. The predicted molar refractivity (Wildman–Crippen MR) is 75.4 cm³/mol. The van der Waals surface area contributed by atoms with Crippen molar-refractivity contribution in [2.75, 3.05) is 13.6 Å². The lowest BCUT2D eigenvalue weighted by Gasteiger charge is -2.44. The molecule has 1 saturated heterocycles. The molecule has 0 bridgehead atoms. The van der Waals surface area contributed by atoms with E-state index in [4.69, 9.17) is 11.6 Å². The van der Waals surface area contributed by atoms with Crippen LogP contribution < -0.4 is 0 Å². The molecule has 2 nitrogen and oxygen atoms in total. The van der Waals surface area contributed by atoms with Crippen LogP contribution in [0.15, 0.2) is 24.4 Å². The third-order valence-corrected chi connectivity index (χ3v) is 4.99. The molecule has 1 aliphatic heterocycles. The van der Waals surface area contributed by atoms with E-state index < -0.39 is 0 Å². The van der Waals surface area contributed by atoms with Crippen molar-refractivity contribution < 1.29 is 0 Å². The van der Waals surface area contributed by atoms with Crippen molar-refractivity contribution in [3.63, 3.8) is 0 Å². The predicted octanol–water partition coefficient (Wildman–Crippen LogP) is 3.12. The number of hydrogen-bond acceptors (Lipinski definition) is 1. The SMILES string of the molecule is CN1CC(Cl)C[C@@H]2c3cccc4[nH]cc(c34)C[C@H]21. The van der Waals surface area contributed by atoms with Gasteiger partial charge in [0.25, 0.3) is 0 Å². The number of likely N-dealkylation sites (tertiary alicyclic amines) is 1. The summed E-state index contributed by atoms with van der Waals surface area (Å²) in [5, 5.41) is 1.74. The van der Waals surface area contributed by atoms with Gasteiger partial charge in [-0.05, 0) is 37.1 Å². The number of aromatic nitrogens is 1. The molecule has 1 aromatic carbocycles. The van der Waals surface area contributed by atoms with Gasteiger partial charge in [-0.3, -0.25) is 0 Å². The maximum Gasteiger partial charge on any atom is 0.0469 e. The van der Waals surface area contributed by atoms with Crippen molar-refractivity contribution in [3.05, 3.63) is 35.5 Å². The van der Waals surface area contributed by atoms with Gasteiger partial charge in [-0.2, -0.15) is 0 Å². The first-order valence-electron chi connectivity index (χ1n) is 6.67. The van der Waals surface area contributed by atoms with Gasteiger partial charge in [-0.15, -0.1) is 11.6 Å². The van der Waals surface area contributed by atoms with E-state index in [1.165, 1.54) is 22.0 Å². The van der Waals surface area contributed by atoms with Crippen molar-refractivity contribution in [1.82, 2.24) is 9.88 Å². The third kappa shape index (κ3) is 1.39. The first-order chi connectivity index (χ1) is 8.74. The van der Waals surface area contributed by atoms with Crippen LogP contribution >= 0.6 is 11.6 Å². The van der Waals surface area contributed by atoms with Crippen molar-refractivity contribution >= 4 is 22.5 Å². The summed E-state index contributed by atoms with van der Waals surface area (Å²) in [6.07, 6.45) is 4.45. The summed E-state index contributed by atoms with van der Waals surface area (Å²) in [5.41, 5.74) is 4.25. The molecule has 1 N–H and O–H groups in total. The quantitative estimate of drug-likeness (QED) is 0.721. The zero-order valence-electron chi connectivity index (χ0n) is 10.5. The van der Waals surface area contributed by atoms with Crippen LogP contribution in [0.1, 0.15) is 23.5 Å². The van der Waals surface area contributed by atoms with E-state index in [-0.39, 0.29) is 5.38 Å². The second kappa shape index (κ2) is 3.75. The highest BCUT2D eigenvalue weighted by Crippen LogP contribution is 2.43. The average molecular weight is 261 g/mol. The van der Waals surface area contributed by atoms with Gasteiger partial charge in [-0.25, -0.2) is 0 Å². The van der Waals surface area contributed by atoms with Gasteiger partial charge in [-0.1, -0.05) is 12.1 Å². The van der Waals surface area contributed by atoms with Gasteiger partial charge in [0.1, 0.15) is 0 Å². The molecule has 0 spiro atoms. The van der Waals surface area contributed by atoms with Crippen LogP contribution in [0.25, 0.3) is 10.9 Å². The molecule has 0 amide bonds. The Labute approximate surface area is 112 Å². The Morgan fingerprint density at radius 3 is 3.17 bits per heavy atom. The molecule has 0 radical (unpaired) electrons. The van der Waals surface area contributed by atoms with Gasteiger partial charge in [0.15, 0.2) is 0 Å². The summed E-state index contributed by atoms with van der Waals surface area (Å²) < 4.78 is 0. The molecule has 3 heteroatoms. The molecule has 0 saturated carbocycles. The van der Waals surface area contributed by atoms with E-state index in [0.717, 1.165) is 19.4 Å². The maximum atomic E-state index is 6.42. The summed E-state index contributed by atoms with van der Waals surface area (Å²) in [6.45, 7) is 1.01. The number of halogens is 1. The molecular weight excluding hydrogens is 244 g/mol. The highest BCUT2D eigenvalue weighted by molar-refractivity contribution is 6.20. The minimum absolute atomic E-state index is 0.284. The Balaban J connectivity index is 1.92. The fourth-order valence-electron chi connectivity index (χ4n) is 3.88. The lowest BCUT2D eigenvalue weighted by Crippen LogP contribution is -2.48. The largest absolute Gasteiger partial charge is 0.361 e. The Kier molecular flexibility index (Phi) is 2.27. The first kappa shape index (κ1) is 10.9. The number of H-pyrrole nitrogens is 1. The van der Waals surface area contributed by atoms with E-state index in [2.05, 4.69) is 41.3 Å². The third-order valence-electron chi connectivity index (χ3n) is 4.67. The molecule has 94 valence electrons. The molecule has 18 heavy (non-hydrogen) atoms. The number of nitrogens with zero attached hydrogens (tertiary/aromatic N) is 1. The highest BCUT2D eigenvalue weighted by atomic mass is 35.5. The van der Waals surface area contributed by atoms with Gasteiger partial charge in [0, 0.05) is 41.0 Å². The topological polar surface area (TPSA) is 19.0 Å². The van der Waals surface area contributed by atoms with Crippen LogP contribution in [0.2, 0.25) is 0 Å². The van der Waals surface area contributed by atoms with Crippen molar-refractivity contribution in [2.45, 2.75) is 30.2 Å². The summed E-state index contributed by atoms with van der Waals surface area (Å²) in [7, 11) is 2.21. The standard InChI is InChI=1S/C15H17ClN2/c1-18-8-10(16)6-12-11-3-2-4-13-15(11)9(7-17-13)5-14(12)18/h2-4,7,10,12,14,17H,5-6,8H2,1H3/t10?,12-,14-/m1/s1. The Morgan fingerprint density at radius 1 is 1.39 bits per heavy atom. The summed E-state index contributed by atoms with van der Waals surface area (Å²) in [6, 6.07) is 7.25. The van der Waals surface area contributed by atoms with Crippen molar-refractivity contribution in [1.29, 1.82) is 0 Å². The second-order valence-corrected chi connectivity index (χ2v) is 6.35. The molecule has 3 atom stereocenters. The number of rotatable bonds is 0. The molecule has 1 aromatic heterocycles. The van der Waals surface area contributed by atoms with Gasteiger partial charge in [0.05, 0.1) is 0 Å². The number of likely N-dealkylation sites (N-methyl/N-ethyl adjacent to an activating group) is 1. The minimum atomic E-state index is 0.284. The Hall–Kier alpha value is -0.990. The second-order valence-electron chi connectivity index (χ2n) is 5.73. The van der Waals surface area contributed by atoms with Crippen molar-refractivity contribution in [3.8, 4) is 0 Å². The number of fused-ring (bicyclic) bond motifs is 2. The number of piperidine rings is 1. The monoisotopic (exact) mass is 260 g/mol. The zero-order chi connectivity index (χ0) is 12.3. The van der Waals surface area contributed by atoms with Gasteiger partial charge >= 0.3 is 0 Å². The molecule has 1 unspecified atom stereocenters. The first-order valence-corrected chi connectivity index (χ1v) is 7.11. The van der Waals surface area contributed by atoms with E-state index in [9.17, 15) is 0 Å². The molecule has 2 aliphatic rings. The number of nitrogens with one attached hydrogen (secondary N) is 1. The molecule has 2 aromatic rings. The number of aromatic amines is 1. The smallest absolute Gasteiger partial charge is 0.0469 e. The van der Waals surface area contributed by atoms with Crippen LogP contribution in [-0.2, 0) is 6.42 Å². The molecular formula is C15H17ClN2. The fourth-order valence-corrected chi connectivity index (χ4v) is 4.29. The fraction of sp³-hybridized carbons (Fsp3) is 0.467. The maximum absolute atomic E-state index is 6.42. The molecule has 2 heterocycles. The van der Waals surface area contributed by atoms with Crippen LogP contribution in [0.5, 0.6) is 0 Å². The van der Waals surface area contributed by atoms with Crippen molar-refractivity contribution in [2.24, 2.45) is 0 Å². The summed E-state index contributed by atoms with van der Waals surface area (Å²) in [5.74, 6) is 0.596. The van der Waals surface area contributed by atoms with Crippen LogP contribution in [-0.4, -0.2) is 34.9 Å². The van der Waals surface area contributed by atoms with Crippen LogP contribution in [0.3, 0.4) is 0 Å². The number of alkyl halides is 1. The lowest BCUT2D eigenvalue weighted by molar-refractivity contribution is 0.160. The number of hydrogen-bond donors (Lipinski definition) is 1. The highest BCUT2D eigenvalue weighted by Gasteiger charge is 2.38.